The second kappa shape index (κ2) is 8.39. The quantitative estimate of drug-likeness (QED) is 0.490. The van der Waals surface area contributed by atoms with E-state index >= 15 is 0 Å². The van der Waals surface area contributed by atoms with Crippen molar-refractivity contribution in [3.05, 3.63) is 60.5 Å². The molecule has 4 heterocycles. The van der Waals surface area contributed by atoms with Gasteiger partial charge in [0.05, 0.1) is 11.6 Å². The Labute approximate surface area is 181 Å². The Morgan fingerprint density at radius 3 is 2.58 bits per heavy atom. The number of benzene rings is 1. The summed E-state index contributed by atoms with van der Waals surface area (Å²) in [7, 11) is 0. The van der Waals surface area contributed by atoms with Gasteiger partial charge in [0.25, 0.3) is 0 Å². The lowest BCUT2D eigenvalue weighted by Gasteiger charge is -2.37. The van der Waals surface area contributed by atoms with Gasteiger partial charge >= 0.3 is 0 Å². The highest BCUT2D eigenvalue weighted by Gasteiger charge is 2.27. The summed E-state index contributed by atoms with van der Waals surface area (Å²) in [6, 6.07) is 12.2. The first-order chi connectivity index (χ1) is 15.2. The first-order valence-electron chi connectivity index (χ1n) is 10.7. The van der Waals surface area contributed by atoms with E-state index in [4.69, 9.17) is 14.5 Å². The molecule has 158 valence electrons. The van der Waals surface area contributed by atoms with Gasteiger partial charge < -0.3 is 9.42 Å². The fraction of sp³-hybridized carbons (Fsp3) is 0.348. The summed E-state index contributed by atoms with van der Waals surface area (Å²) >= 11 is 0. The van der Waals surface area contributed by atoms with Gasteiger partial charge in [-0.05, 0) is 31.2 Å². The highest BCUT2D eigenvalue weighted by atomic mass is 16.5. The lowest BCUT2D eigenvalue weighted by Crippen LogP contribution is -2.47. The highest BCUT2D eigenvalue weighted by Crippen LogP contribution is 2.29. The van der Waals surface area contributed by atoms with Crippen molar-refractivity contribution in [2.24, 2.45) is 0 Å². The van der Waals surface area contributed by atoms with Crippen LogP contribution in [0.25, 0.3) is 22.3 Å². The van der Waals surface area contributed by atoms with E-state index in [9.17, 15) is 0 Å². The number of fused-ring (bicyclic) bond motifs is 1. The van der Waals surface area contributed by atoms with Crippen LogP contribution in [-0.4, -0.2) is 56.2 Å². The molecule has 1 aliphatic heterocycles. The number of anilines is 1. The molecule has 3 aromatic heterocycles. The Balaban J connectivity index is 1.40. The van der Waals surface area contributed by atoms with Gasteiger partial charge in [-0.1, -0.05) is 24.2 Å². The smallest absolute Gasteiger partial charge is 0.243 e. The first-order valence-corrected chi connectivity index (χ1v) is 10.7. The summed E-state index contributed by atoms with van der Waals surface area (Å²) in [5, 5.41) is 5.11. The minimum atomic E-state index is 0.100. The van der Waals surface area contributed by atoms with E-state index in [0.29, 0.717) is 11.7 Å². The maximum absolute atomic E-state index is 5.46. The number of hydrogen-bond donors (Lipinski definition) is 0. The molecule has 0 bridgehead atoms. The summed E-state index contributed by atoms with van der Waals surface area (Å²) in [5.41, 5.74) is 1.87. The molecule has 0 radical (unpaired) electrons. The van der Waals surface area contributed by atoms with Crippen LogP contribution in [0.15, 0.2) is 53.3 Å². The Hall–Kier alpha value is -3.39. The van der Waals surface area contributed by atoms with Crippen molar-refractivity contribution in [2.75, 3.05) is 31.1 Å². The molecular formula is C23H25N7O. The fourth-order valence-electron chi connectivity index (χ4n) is 3.98. The maximum atomic E-state index is 5.46. The summed E-state index contributed by atoms with van der Waals surface area (Å²) in [6.45, 7) is 7.68. The molecule has 1 saturated heterocycles. The minimum absolute atomic E-state index is 0.100. The van der Waals surface area contributed by atoms with Crippen LogP contribution in [0.5, 0.6) is 0 Å². The van der Waals surface area contributed by atoms with Gasteiger partial charge in [-0.3, -0.25) is 9.88 Å². The monoisotopic (exact) mass is 415 g/mol. The third-order valence-corrected chi connectivity index (χ3v) is 5.82. The van der Waals surface area contributed by atoms with Crippen LogP contribution in [0.3, 0.4) is 0 Å². The average molecular weight is 416 g/mol. The van der Waals surface area contributed by atoms with E-state index < -0.39 is 0 Å². The number of nitrogens with zero attached hydrogens (tertiary/aromatic N) is 7. The second-order valence-electron chi connectivity index (χ2n) is 7.73. The first kappa shape index (κ1) is 19.6. The lowest BCUT2D eigenvalue weighted by molar-refractivity contribution is 0.164. The lowest BCUT2D eigenvalue weighted by atomic mass is 10.1. The summed E-state index contributed by atoms with van der Waals surface area (Å²) in [4.78, 5) is 23.2. The van der Waals surface area contributed by atoms with E-state index in [-0.39, 0.29) is 6.04 Å². The molecule has 0 N–H and O–H groups in total. The topological polar surface area (TPSA) is 84.1 Å². The number of aromatic nitrogens is 5. The largest absolute Gasteiger partial charge is 0.353 e. The van der Waals surface area contributed by atoms with Crippen LogP contribution in [0.2, 0.25) is 0 Å². The molecule has 1 aromatic carbocycles. The van der Waals surface area contributed by atoms with Crippen molar-refractivity contribution in [3.8, 4) is 11.4 Å². The predicted octanol–water partition coefficient (Wildman–Crippen LogP) is 3.52. The summed E-state index contributed by atoms with van der Waals surface area (Å²) in [6.07, 6.45) is 4.35. The Kier molecular flexibility index (Phi) is 5.30. The molecule has 0 aliphatic carbocycles. The Morgan fingerprint density at radius 2 is 1.84 bits per heavy atom. The Bertz CT molecular complexity index is 1170. The molecular weight excluding hydrogens is 390 g/mol. The zero-order valence-corrected chi connectivity index (χ0v) is 17.8. The Morgan fingerprint density at radius 1 is 1.00 bits per heavy atom. The van der Waals surface area contributed by atoms with Crippen molar-refractivity contribution in [3.63, 3.8) is 0 Å². The van der Waals surface area contributed by atoms with E-state index in [2.05, 4.69) is 37.9 Å². The molecule has 5 rings (SSSR count). The van der Waals surface area contributed by atoms with E-state index in [1.807, 2.05) is 43.5 Å². The minimum Gasteiger partial charge on any atom is -0.353 e. The second-order valence-corrected chi connectivity index (χ2v) is 7.73. The van der Waals surface area contributed by atoms with Gasteiger partial charge in [-0.2, -0.15) is 4.98 Å². The van der Waals surface area contributed by atoms with Crippen LogP contribution in [0, 0.1) is 0 Å². The van der Waals surface area contributed by atoms with Crippen molar-refractivity contribution >= 4 is 16.7 Å². The third kappa shape index (κ3) is 3.86. The fourth-order valence-corrected chi connectivity index (χ4v) is 3.98. The summed E-state index contributed by atoms with van der Waals surface area (Å²) in [5.74, 6) is 3.13. The predicted molar refractivity (Wildman–Crippen MR) is 119 cm³/mol. The maximum Gasteiger partial charge on any atom is 0.243 e. The van der Waals surface area contributed by atoms with E-state index in [0.717, 1.165) is 60.7 Å². The zero-order valence-electron chi connectivity index (χ0n) is 17.8. The van der Waals surface area contributed by atoms with Crippen molar-refractivity contribution in [1.29, 1.82) is 0 Å². The van der Waals surface area contributed by atoms with Crippen molar-refractivity contribution in [2.45, 2.75) is 26.3 Å². The molecule has 8 heteroatoms. The van der Waals surface area contributed by atoms with Gasteiger partial charge in [-0.25, -0.2) is 9.97 Å². The molecule has 31 heavy (non-hydrogen) atoms. The van der Waals surface area contributed by atoms with Gasteiger partial charge in [-0.15, -0.1) is 0 Å². The summed E-state index contributed by atoms with van der Waals surface area (Å²) < 4.78 is 5.46. The molecule has 1 fully saturated rings. The van der Waals surface area contributed by atoms with Crippen LogP contribution >= 0.6 is 0 Å². The van der Waals surface area contributed by atoms with E-state index in [1.165, 1.54) is 0 Å². The van der Waals surface area contributed by atoms with Crippen LogP contribution in [-0.2, 0) is 6.42 Å². The van der Waals surface area contributed by atoms with Crippen LogP contribution in [0.4, 0.5) is 5.82 Å². The van der Waals surface area contributed by atoms with Gasteiger partial charge in [0.2, 0.25) is 5.89 Å². The van der Waals surface area contributed by atoms with E-state index in [1.54, 1.807) is 6.20 Å². The molecule has 1 atom stereocenters. The van der Waals surface area contributed by atoms with Gasteiger partial charge in [0.15, 0.2) is 11.6 Å². The molecule has 0 saturated carbocycles. The molecule has 1 unspecified atom stereocenters. The van der Waals surface area contributed by atoms with Gasteiger partial charge in [0, 0.05) is 55.9 Å². The number of rotatable bonds is 5. The standard InChI is InChI=1S/C23H25N7O/c1-3-20-26-23(31-28-20)16(2)29-11-13-30(14-12-29)22-18-8-4-5-9-19(18)25-21(27-22)17-7-6-10-24-15-17/h4-10,15-16H,3,11-14H2,1-2H3. The number of para-hydroxylation sites is 1. The molecule has 4 aromatic rings. The zero-order chi connectivity index (χ0) is 21.2. The molecule has 1 aliphatic rings. The third-order valence-electron chi connectivity index (χ3n) is 5.82. The molecule has 0 amide bonds. The van der Waals surface area contributed by atoms with Crippen LogP contribution < -0.4 is 4.90 Å². The highest BCUT2D eigenvalue weighted by molar-refractivity contribution is 5.91. The number of piperazine rings is 1. The van der Waals surface area contributed by atoms with Crippen molar-refractivity contribution in [1.82, 2.24) is 30.0 Å². The molecule has 0 spiro atoms. The van der Waals surface area contributed by atoms with Gasteiger partial charge in [0.1, 0.15) is 5.82 Å². The number of hydrogen-bond acceptors (Lipinski definition) is 8. The number of pyridine rings is 1. The number of aryl methyl sites for hydroxylation is 1. The average Bonchev–Trinajstić information content (AvgIpc) is 3.33. The van der Waals surface area contributed by atoms with Crippen LogP contribution in [0.1, 0.15) is 31.6 Å². The SMILES string of the molecule is CCc1noc(C(C)N2CCN(c3nc(-c4cccnc4)nc4ccccc34)CC2)n1. The van der Waals surface area contributed by atoms with Crippen molar-refractivity contribution < 1.29 is 4.52 Å². The normalized spacial score (nSPS) is 16.0. The molecule has 8 nitrogen and oxygen atoms in total.